The standard InChI is InChI=1S/C24H30N4O3/c1-26-13-15-27(16-14-26)18-20-10-8-19(9-11-20)17-25-23(29)7-4-12-28-21-5-2-3-6-22(21)31-24(28)30/h2-3,5-6,8-11H,4,7,12-18H2,1H3,(H,25,29). The van der Waals surface area contributed by atoms with E-state index in [1.54, 1.807) is 10.6 Å². The Hall–Kier alpha value is -2.90. The molecule has 0 saturated carbocycles. The first-order chi connectivity index (χ1) is 15.1. The van der Waals surface area contributed by atoms with E-state index in [2.05, 4.69) is 46.4 Å². The molecule has 7 nitrogen and oxygen atoms in total. The molecule has 0 radical (unpaired) electrons. The summed E-state index contributed by atoms with van der Waals surface area (Å²) in [5.41, 5.74) is 3.74. The van der Waals surface area contributed by atoms with Crippen LogP contribution in [0.1, 0.15) is 24.0 Å². The van der Waals surface area contributed by atoms with Gasteiger partial charge in [-0.1, -0.05) is 36.4 Å². The monoisotopic (exact) mass is 422 g/mol. The van der Waals surface area contributed by atoms with Crippen molar-refractivity contribution < 1.29 is 9.21 Å². The molecule has 2 aromatic carbocycles. The van der Waals surface area contributed by atoms with Crippen LogP contribution in [-0.4, -0.2) is 53.5 Å². The lowest BCUT2D eigenvalue weighted by Gasteiger charge is -2.32. The number of para-hydroxylation sites is 2. The summed E-state index contributed by atoms with van der Waals surface area (Å²) in [7, 11) is 2.17. The molecule has 4 rings (SSSR count). The third kappa shape index (κ3) is 5.62. The van der Waals surface area contributed by atoms with Gasteiger partial charge in [0.2, 0.25) is 5.91 Å². The number of fused-ring (bicyclic) bond motifs is 1. The molecule has 1 aliphatic heterocycles. The molecule has 0 bridgehead atoms. The van der Waals surface area contributed by atoms with Crippen LogP contribution < -0.4 is 11.1 Å². The molecule has 1 N–H and O–H groups in total. The number of hydrogen-bond donors (Lipinski definition) is 1. The van der Waals surface area contributed by atoms with Crippen LogP contribution in [0, 0.1) is 0 Å². The molecule has 3 aromatic rings. The Balaban J connectivity index is 1.20. The number of rotatable bonds is 8. The predicted molar refractivity (Wildman–Crippen MR) is 121 cm³/mol. The largest absolute Gasteiger partial charge is 0.419 e. The lowest BCUT2D eigenvalue weighted by molar-refractivity contribution is -0.121. The fourth-order valence-electron chi connectivity index (χ4n) is 3.94. The van der Waals surface area contributed by atoms with Gasteiger partial charge in [0.25, 0.3) is 0 Å². The minimum atomic E-state index is -0.377. The van der Waals surface area contributed by atoms with Crippen LogP contribution in [0.5, 0.6) is 0 Å². The first-order valence-corrected chi connectivity index (χ1v) is 10.9. The van der Waals surface area contributed by atoms with E-state index in [1.165, 1.54) is 5.56 Å². The maximum atomic E-state index is 12.2. The Morgan fingerprint density at radius 2 is 1.71 bits per heavy atom. The summed E-state index contributed by atoms with van der Waals surface area (Å²) in [4.78, 5) is 29.0. The van der Waals surface area contributed by atoms with Crippen molar-refractivity contribution in [3.05, 3.63) is 70.2 Å². The number of oxazole rings is 1. The molecule has 0 unspecified atom stereocenters. The normalized spacial score (nSPS) is 15.4. The van der Waals surface area contributed by atoms with Gasteiger partial charge in [0.15, 0.2) is 5.58 Å². The number of hydrogen-bond acceptors (Lipinski definition) is 5. The molecule has 1 aliphatic rings. The molecular formula is C24H30N4O3. The van der Waals surface area contributed by atoms with Crippen LogP contribution in [0.2, 0.25) is 0 Å². The molecule has 1 fully saturated rings. The number of likely N-dealkylation sites (N-methyl/N-ethyl adjacent to an activating group) is 1. The van der Waals surface area contributed by atoms with Gasteiger partial charge in [-0.3, -0.25) is 14.3 Å². The number of piperazine rings is 1. The van der Waals surface area contributed by atoms with Gasteiger partial charge in [0.05, 0.1) is 5.52 Å². The topological polar surface area (TPSA) is 70.7 Å². The highest BCUT2D eigenvalue weighted by molar-refractivity contribution is 5.76. The van der Waals surface area contributed by atoms with Gasteiger partial charge < -0.3 is 14.6 Å². The lowest BCUT2D eigenvalue weighted by atomic mass is 10.1. The second kappa shape index (κ2) is 9.94. The summed E-state index contributed by atoms with van der Waals surface area (Å²) < 4.78 is 6.81. The Labute approximate surface area is 182 Å². The van der Waals surface area contributed by atoms with Crippen molar-refractivity contribution >= 4 is 17.0 Å². The number of amides is 1. The summed E-state index contributed by atoms with van der Waals surface area (Å²) in [6.45, 7) is 6.41. The molecule has 7 heteroatoms. The fourth-order valence-corrected chi connectivity index (χ4v) is 3.94. The van der Waals surface area contributed by atoms with E-state index >= 15 is 0 Å². The van der Waals surface area contributed by atoms with E-state index < -0.39 is 0 Å². The minimum Gasteiger partial charge on any atom is -0.408 e. The number of nitrogens with one attached hydrogen (secondary N) is 1. The molecule has 0 aliphatic carbocycles. The Kier molecular flexibility index (Phi) is 6.84. The number of carbonyl (C=O) groups excluding carboxylic acids is 1. The van der Waals surface area contributed by atoms with E-state index in [4.69, 9.17) is 4.42 Å². The first kappa shape index (κ1) is 21.3. The molecule has 1 saturated heterocycles. The summed E-state index contributed by atoms with van der Waals surface area (Å²) in [5, 5.41) is 2.97. The van der Waals surface area contributed by atoms with E-state index in [-0.39, 0.29) is 11.7 Å². The van der Waals surface area contributed by atoms with Crippen LogP contribution in [-0.2, 0) is 24.4 Å². The molecule has 31 heavy (non-hydrogen) atoms. The Morgan fingerprint density at radius 1 is 1.00 bits per heavy atom. The number of aryl methyl sites for hydroxylation is 1. The van der Waals surface area contributed by atoms with Crippen molar-refractivity contribution in [2.75, 3.05) is 33.2 Å². The summed E-state index contributed by atoms with van der Waals surface area (Å²) in [5.74, 6) is -0.388. The quantitative estimate of drug-likeness (QED) is 0.604. The molecule has 2 heterocycles. The van der Waals surface area contributed by atoms with Crippen LogP contribution in [0.3, 0.4) is 0 Å². The van der Waals surface area contributed by atoms with Crippen LogP contribution in [0.25, 0.3) is 11.1 Å². The molecule has 0 atom stereocenters. The van der Waals surface area contributed by atoms with E-state index in [0.29, 0.717) is 31.5 Å². The van der Waals surface area contributed by atoms with Crippen LogP contribution in [0.15, 0.2) is 57.7 Å². The molecule has 0 spiro atoms. The first-order valence-electron chi connectivity index (χ1n) is 10.9. The summed E-state index contributed by atoms with van der Waals surface area (Å²) in [6.07, 6.45) is 0.951. The Morgan fingerprint density at radius 3 is 2.48 bits per heavy atom. The van der Waals surface area contributed by atoms with Gasteiger partial charge in [-0.25, -0.2) is 4.79 Å². The molecule has 1 aromatic heterocycles. The summed E-state index contributed by atoms with van der Waals surface area (Å²) >= 11 is 0. The van der Waals surface area contributed by atoms with E-state index in [1.807, 2.05) is 18.2 Å². The maximum absolute atomic E-state index is 12.2. The second-order valence-corrected chi connectivity index (χ2v) is 8.26. The minimum absolute atomic E-state index is 0.0117. The highest BCUT2D eigenvalue weighted by Crippen LogP contribution is 2.13. The number of benzene rings is 2. The third-order valence-electron chi connectivity index (χ3n) is 5.87. The highest BCUT2D eigenvalue weighted by Gasteiger charge is 2.14. The zero-order chi connectivity index (χ0) is 21.6. The zero-order valence-corrected chi connectivity index (χ0v) is 18.0. The van der Waals surface area contributed by atoms with Crippen molar-refractivity contribution in [1.29, 1.82) is 0 Å². The van der Waals surface area contributed by atoms with Crippen molar-refractivity contribution in [3.63, 3.8) is 0 Å². The van der Waals surface area contributed by atoms with Crippen LogP contribution in [0.4, 0.5) is 0 Å². The maximum Gasteiger partial charge on any atom is 0.419 e. The van der Waals surface area contributed by atoms with E-state index in [0.717, 1.165) is 43.8 Å². The molecule has 1 amide bonds. The fraction of sp³-hybridized carbons (Fsp3) is 0.417. The van der Waals surface area contributed by atoms with Crippen molar-refractivity contribution in [3.8, 4) is 0 Å². The molecule has 164 valence electrons. The van der Waals surface area contributed by atoms with Gasteiger partial charge in [0.1, 0.15) is 0 Å². The van der Waals surface area contributed by atoms with E-state index in [9.17, 15) is 9.59 Å². The molecular weight excluding hydrogens is 392 g/mol. The zero-order valence-electron chi connectivity index (χ0n) is 18.0. The van der Waals surface area contributed by atoms with Gasteiger partial charge in [-0.05, 0) is 36.7 Å². The second-order valence-electron chi connectivity index (χ2n) is 8.26. The van der Waals surface area contributed by atoms with Gasteiger partial charge in [0, 0.05) is 52.2 Å². The van der Waals surface area contributed by atoms with Gasteiger partial charge in [-0.15, -0.1) is 0 Å². The van der Waals surface area contributed by atoms with Gasteiger partial charge in [-0.2, -0.15) is 0 Å². The number of carbonyl (C=O) groups is 1. The van der Waals surface area contributed by atoms with Crippen LogP contribution >= 0.6 is 0 Å². The number of nitrogens with zero attached hydrogens (tertiary/aromatic N) is 3. The smallest absolute Gasteiger partial charge is 0.408 e. The summed E-state index contributed by atoms with van der Waals surface area (Å²) in [6, 6.07) is 15.8. The third-order valence-corrected chi connectivity index (χ3v) is 5.87. The predicted octanol–water partition coefficient (Wildman–Crippen LogP) is 2.44. The average Bonchev–Trinajstić information content (AvgIpc) is 3.10. The van der Waals surface area contributed by atoms with Crippen molar-refractivity contribution in [2.24, 2.45) is 0 Å². The Bertz CT molecular complexity index is 1060. The lowest BCUT2D eigenvalue weighted by Crippen LogP contribution is -2.43. The number of aromatic nitrogens is 1. The SMILES string of the molecule is CN1CCN(Cc2ccc(CNC(=O)CCCn3c(=O)oc4ccccc43)cc2)CC1. The van der Waals surface area contributed by atoms with Crippen molar-refractivity contribution in [1.82, 2.24) is 19.7 Å². The highest BCUT2D eigenvalue weighted by atomic mass is 16.4. The van der Waals surface area contributed by atoms with Crippen molar-refractivity contribution in [2.45, 2.75) is 32.5 Å². The average molecular weight is 423 g/mol. The van der Waals surface area contributed by atoms with Gasteiger partial charge >= 0.3 is 5.76 Å².